The van der Waals surface area contributed by atoms with Crippen LogP contribution in [0.2, 0.25) is 5.02 Å². The molecule has 0 saturated carbocycles. The lowest BCUT2D eigenvalue weighted by atomic mass is 10.2. The van der Waals surface area contributed by atoms with Gasteiger partial charge in [-0.2, -0.15) is 0 Å². The minimum absolute atomic E-state index is 0.0770. The number of halogens is 1. The van der Waals surface area contributed by atoms with Crippen molar-refractivity contribution in [2.75, 3.05) is 30.3 Å². The van der Waals surface area contributed by atoms with Gasteiger partial charge in [0.15, 0.2) is 0 Å². The lowest BCUT2D eigenvalue weighted by Gasteiger charge is -2.24. The fourth-order valence-electron chi connectivity index (χ4n) is 1.86. The minimum Gasteiger partial charge on any atom is -0.397 e. The molecule has 1 saturated heterocycles. The molecule has 0 spiro atoms. The summed E-state index contributed by atoms with van der Waals surface area (Å²) in [5.41, 5.74) is 7.39. The summed E-state index contributed by atoms with van der Waals surface area (Å²) in [7, 11) is 0. The molecule has 86 valence electrons. The molecule has 0 aliphatic carbocycles. The van der Waals surface area contributed by atoms with E-state index in [1.807, 2.05) is 18.2 Å². The summed E-state index contributed by atoms with van der Waals surface area (Å²) in [6.45, 7) is 2.02. The van der Waals surface area contributed by atoms with Crippen LogP contribution in [0.3, 0.4) is 0 Å². The van der Waals surface area contributed by atoms with Crippen molar-refractivity contribution in [3.63, 3.8) is 0 Å². The van der Waals surface area contributed by atoms with Crippen LogP contribution in [-0.4, -0.2) is 25.5 Å². The molecule has 1 aliphatic heterocycles. The molecule has 3 N–H and O–H groups in total. The number of nitrogen functional groups attached to an aromatic ring is 1. The van der Waals surface area contributed by atoms with Crippen LogP contribution >= 0.6 is 11.6 Å². The van der Waals surface area contributed by atoms with Crippen LogP contribution in [-0.2, 0) is 4.79 Å². The van der Waals surface area contributed by atoms with Gasteiger partial charge in [0, 0.05) is 26.1 Å². The molecule has 1 fully saturated rings. The molecule has 0 atom stereocenters. The van der Waals surface area contributed by atoms with E-state index in [0.717, 1.165) is 12.2 Å². The van der Waals surface area contributed by atoms with Gasteiger partial charge in [-0.25, -0.2) is 0 Å². The van der Waals surface area contributed by atoms with Gasteiger partial charge in [-0.3, -0.25) is 4.79 Å². The summed E-state index contributed by atoms with van der Waals surface area (Å²) in [4.78, 5) is 13.3. The predicted octanol–water partition coefficient (Wildman–Crippen LogP) is 1.25. The van der Waals surface area contributed by atoms with E-state index in [1.165, 1.54) is 0 Å². The Balaban J connectivity index is 2.26. The van der Waals surface area contributed by atoms with Gasteiger partial charge in [0.05, 0.1) is 16.4 Å². The van der Waals surface area contributed by atoms with Crippen LogP contribution in [0.1, 0.15) is 6.42 Å². The maximum Gasteiger partial charge on any atom is 0.221 e. The minimum atomic E-state index is 0.0770. The number of nitrogens with one attached hydrogen (secondary N) is 1. The number of anilines is 2. The van der Waals surface area contributed by atoms with Crippen molar-refractivity contribution in [2.45, 2.75) is 6.42 Å². The van der Waals surface area contributed by atoms with E-state index in [1.54, 1.807) is 0 Å². The second kappa shape index (κ2) is 4.61. The molecule has 0 bridgehead atoms. The van der Waals surface area contributed by atoms with Crippen molar-refractivity contribution < 1.29 is 4.79 Å². The van der Waals surface area contributed by atoms with Crippen LogP contribution in [0, 0.1) is 0 Å². The summed E-state index contributed by atoms with van der Waals surface area (Å²) >= 11 is 6.13. The average Bonchev–Trinajstić information content (AvgIpc) is 2.44. The topological polar surface area (TPSA) is 58.4 Å². The van der Waals surface area contributed by atoms with Crippen LogP contribution in [0.15, 0.2) is 18.2 Å². The summed E-state index contributed by atoms with van der Waals surface area (Å²) in [5.74, 6) is 0.0770. The van der Waals surface area contributed by atoms with Crippen molar-refractivity contribution in [2.24, 2.45) is 0 Å². The highest BCUT2D eigenvalue weighted by Gasteiger charge is 2.17. The Hall–Kier alpha value is -1.42. The van der Waals surface area contributed by atoms with Gasteiger partial charge in [0.2, 0.25) is 5.91 Å². The summed E-state index contributed by atoms with van der Waals surface area (Å²) in [5, 5.41) is 3.45. The molecular formula is C11H14ClN3O. The Morgan fingerprint density at radius 1 is 1.38 bits per heavy atom. The fourth-order valence-corrected chi connectivity index (χ4v) is 2.16. The van der Waals surface area contributed by atoms with Crippen molar-refractivity contribution in [3.8, 4) is 0 Å². The number of para-hydroxylation sites is 1. The summed E-state index contributed by atoms with van der Waals surface area (Å²) < 4.78 is 0. The number of nitrogens with zero attached hydrogens (tertiary/aromatic N) is 1. The second-order valence-electron chi connectivity index (χ2n) is 3.76. The maximum atomic E-state index is 11.2. The molecule has 4 nitrogen and oxygen atoms in total. The van der Waals surface area contributed by atoms with Crippen LogP contribution in [0.4, 0.5) is 11.4 Å². The molecule has 16 heavy (non-hydrogen) atoms. The molecule has 0 radical (unpaired) electrons. The van der Waals surface area contributed by atoms with Gasteiger partial charge >= 0.3 is 0 Å². The fraction of sp³-hybridized carbons (Fsp3) is 0.364. The first-order valence-corrected chi connectivity index (χ1v) is 5.62. The Morgan fingerprint density at radius 2 is 2.19 bits per heavy atom. The number of rotatable bonds is 1. The van der Waals surface area contributed by atoms with Crippen LogP contribution < -0.4 is 16.0 Å². The van der Waals surface area contributed by atoms with Crippen molar-refractivity contribution in [1.82, 2.24) is 5.32 Å². The van der Waals surface area contributed by atoms with Gasteiger partial charge < -0.3 is 16.0 Å². The first kappa shape index (κ1) is 11.1. The van der Waals surface area contributed by atoms with Crippen molar-refractivity contribution in [3.05, 3.63) is 23.2 Å². The van der Waals surface area contributed by atoms with E-state index in [-0.39, 0.29) is 5.91 Å². The number of amides is 1. The van der Waals surface area contributed by atoms with E-state index in [9.17, 15) is 4.79 Å². The lowest BCUT2D eigenvalue weighted by molar-refractivity contribution is -0.120. The highest BCUT2D eigenvalue weighted by molar-refractivity contribution is 6.34. The number of carbonyl (C=O) groups is 1. The molecule has 1 heterocycles. The molecule has 1 aromatic carbocycles. The molecule has 1 aromatic rings. The number of nitrogens with two attached hydrogens (primary N) is 1. The first-order valence-electron chi connectivity index (χ1n) is 5.24. The third kappa shape index (κ3) is 2.22. The molecule has 0 unspecified atom stereocenters. The van der Waals surface area contributed by atoms with Gasteiger partial charge in [-0.05, 0) is 12.1 Å². The number of carbonyl (C=O) groups excluding carboxylic acids is 1. The zero-order valence-electron chi connectivity index (χ0n) is 8.87. The molecule has 1 aliphatic rings. The monoisotopic (exact) mass is 239 g/mol. The van der Waals surface area contributed by atoms with Gasteiger partial charge in [0.25, 0.3) is 0 Å². The SMILES string of the molecule is Nc1cccc(Cl)c1N1CCNC(=O)CC1. The second-order valence-corrected chi connectivity index (χ2v) is 4.17. The van der Waals surface area contributed by atoms with Gasteiger partial charge in [-0.15, -0.1) is 0 Å². The van der Waals surface area contributed by atoms with Gasteiger partial charge in [0.1, 0.15) is 0 Å². The Kier molecular flexibility index (Phi) is 3.19. The quantitative estimate of drug-likeness (QED) is 0.726. The molecule has 1 amide bonds. The molecule has 0 aromatic heterocycles. The van der Waals surface area contributed by atoms with E-state index < -0.39 is 0 Å². The zero-order valence-corrected chi connectivity index (χ0v) is 9.63. The standard InChI is InChI=1S/C11H14ClN3O/c12-8-2-1-3-9(13)11(8)15-6-4-10(16)14-5-7-15/h1-3H,4-7,13H2,(H,14,16). The van der Waals surface area contributed by atoms with Crippen LogP contribution in [0.5, 0.6) is 0 Å². The van der Waals surface area contributed by atoms with E-state index >= 15 is 0 Å². The number of hydrogen-bond acceptors (Lipinski definition) is 3. The highest BCUT2D eigenvalue weighted by atomic mass is 35.5. The lowest BCUT2D eigenvalue weighted by Crippen LogP contribution is -2.29. The Labute approximate surface area is 99.4 Å². The third-order valence-corrected chi connectivity index (χ3v) is 2.95. The van der Waals surface area contributed by atoms with Crippen molar-refractivity contribution in [1.29, 1.82) is 0 Å². The highest BCUT2D eigenvalue weighted by Crippen LogP contribution is 2.31. The molecule has 5 heteroatoms. The molecule has 2 rings (SSSR count). The zero-order chi connectivity index (χ0) is 11.5. The van der Waals surface area contributed by atoms with Crippen molar-refractivity contribution >= 4 is 28.9 Å². The predicted molar refractivity (Wildman–Crippen MR) is 65.7 cm³/mol. The van der Waals surface area contributed by atoms with Crippen LogP contribution in [0.25, 0.3) is 0 Å². The number of hydrogen-bond donors (Lipinski definition) is 2. The maximum absolute atomic E-state index is 11.2. The average molecular weight is 240 g/mol. The normalized spacial score (nSPS) is 16.8. The number of benzene rings is 1. The smallest absolute Gasteiger partial charge is 0.221 e. The summed E-state index contributed by atoms with van der Waals surface area (Å²) in [6, 6.07) is 5.46. The third-order valence-electron chi connectivity index (χ3n) is 2.65. The largest absolute Gasteiger partial charge is 0.397 e. The van der Waals surface area contributed by atoms with E-state index in [0.29, 0.717) is 30.2 Å². The first-order chi connectivity index (χ1) is 7.68. The Morgan fingerprint density at radius 3 is 2.94 bits per heavy atom. The molecular weight excluding hydrogens is 226 g/mol. The van der Waals surface area contributed by atoms with E-state index in [2.05, 4.69) is 10.2 Å². The summed E-state index contributed by atoms with van der Waals surface area (Å²) in [6.07, 6.45) is 0.477. The Bertz CT molecular complexity index is 388. The van der Waals surface area contributed by atoms with E-state index in [4.69, 9.17) is 17.3 Å². The van der Waals surface area contributed by atoms with Gasteiger partial charge in [-0.1, -0.05) is 17.7 Å².